The maximum absolute atomic E-state index is 13.4. The van der Waals surface area contributed by atoms with E-state index in [9.17, 15) is 18.0 Å². The Morgan fingerprint density at radius 1 is 1.37 bits per heavy atom. The third kappa shape index (κ3) is 4.44. The number of amides is 1. The van der Waals surface area contributed by atoms with E-state index in [4.69, 9.17) is 5.73 Å². The fourth-order valence-corrected chi connectivity index (χ4v) is 1.27. The second kappa shape index (κ2) is 6.42. The Balaban J connectivity index is 2.76. The van der Waals surface area contributed by atoms with Crippen LogP contribution in [0.4, 0.5) is 18.9 Å². The van der Waals surface area contributed by atoms with Gasteiger partial charge < -0.3 is 15.8 Å². The van der Waals surface area contributed by atoms with E-state index < -0.39 is 24.1 Å². The van der Waals surface area contributed by atoms with Crippen molar-refractivity contribution in [2.75, 3.05) is 5.32 Å². The summed E-state index contributed by atoms with van der Waals surface area (Å²) in [5, 5.41) is 2.44. The summed E-state index contributed by atoms with van der Waals surface area (Å²) in [5.74, 6) is -2.39. The molecule has 3 N–H and O–H groups in total. The first-order valence-corrected chi connectivity index (χ1v) is 5.62. The van der Waals surface area contributed by atoms with E-state index >= 15 is 0 Å². The lowest BCUT2D eigenvalue weighted by Gasteiger charge is -2.15. The Hall–Kier alpha value is -1.76. The molecule has 0 aliphatic rings. The molecule has 19 heavy (non-hydrogen) atoms. The van der Waals surface area contributed by atoms with Crippen LogP contribution in [0.15, 0.2) is 18.2 Å². The quantitative estimate of drug-likeness (QED) is 0.867. The van der Waals surface area contributed by atoms with Crippen LogP contribution in [0, 0.1) is 11.7 Å². The Morgan fingerprint density at radius 3 is 2.47 bits per heavy atom. The van der Waals surface area contributed by atoms with Crippen LogP contribution in [0.5, 0.6) is 5.75 Å². The summed E-state index contributed by atoms with van der Waals surface area (Å²) in [6.07, 6.45) is 0. The highest BCUT2D eigenvalue weighted by atomic mass is 19.3. The van der Waals surface area contributed by atoms with Gasteiger partial charge in [0, 0.05) is 17.8 Å². The lowest BCUT2D eigenvalue weighted by molar-refractivity contribution is -0.119. The molecule has 0 saturated carbocycles. The highest BCUT2D eigenvalue weighted by Gasteiger charge is 2.18. The highest BCUT2D eigenvalue weighted by Crippen LogP contribution is 2.23. The lowest BCUT2D eigenvalue weighted by Crippen LogP contribution is -2.34. The number of nitrogens with one attached hydrogen (secondary N) is 1. The summed E-state index contributed by atoms with van der Waals surface area (Å²) in [6.45, 7) is 0.197. The van der Waals surface area contributed by atoms with Gasteiger partial charge in [0.05, 0.1) is 5.92 Å². The zero-order valence-corrected chi connectivity index (χ0v) is 10.5. The normalized spacial score (nSPS) is 14.1. The summed E-state index contributed by atoms with van der Waals surface area (Å²) in [5.41, 5.74) is 5.71. The summed E-state index contributed by atoms with van der Waals surface area (Å²) < 4.78 is 41.2. The highest BCUT2D eigenvalue weighted by molar-refractivity contribution is 5.92. The number of hydrogen-bond donors (Lipinski definition) is 2. The molecule has 0 aromatic heterocycles. The van der Waals surface area contributed by atoms with E-state index in [0.717, 1.165) is 12.1 Å². The number of anilines is 1. The molecule has 0 fully saturated rings. The van der Waals surface area contributed by atoms with E-state index in [1.807, 2.05) is 0 Å². The monoisotopic (exact) mass is 276 g/mol. The molecule has 2 atom stereocenters. The minimum atomic E-state index is -3.10. The molecule has 0 aliphatic heterocycles. The van der Waals surface area contributed by atoms with E-state index in [0.29, 0.717) is 0 Å². The molecular weight excluding hydrogens is 261 g/mol. The molecule has 2 unspecified atom stereocenters. The average Bonchev–Trinajstić information content (AvgIpc) is 2.31. The lowest BCUT2D eigenvalue weighted by atomic mass is 10.0. The van der Waals surface area contributed by atoms with Crippen molar-refractivity contribution in [1.82, 2.24) is 0 Å². The van der Waals surface area contributed by atoms with Gasteiger partial charge in [-0.3, -0.25) is 4.79 Å². The minimum Gasteiger partial charge on any atom is -0.432 e. The molecule has 0 heterocycles. The van der Waals surface area contributed by atoms with Crippen molar-refractivity contribution >= 4 is 11.6 Å². The zero-order valence-electron chi connectivity index (χ0n) is 10.5. The van der Waals surface area contributed by atoms with Gasteiger partial charge in [-0.25, -0.2) is 4.39 Å². The van der Waals surface area contributed by atoms with Gasteiger partial charge in [0.2, 0.25) is 5.91 Å². The van der Waals surface area contributed by atoms with Crippen LogP contribution in [0.3, 0.4) is 0 Å². The number of hydrogen-bond acceptors (Lipinski definition) is 3. The number of alkyl halides is 2. The van der Waals surface area contributed by atoms with Crippen molar-refractivity contribution in [3.05, 3.63) is 24.0 Å². The summed E-state index contributed by atoms with van der Waals surface area (Å²) >= 11 is 0. The first-order valence-electron chi connectivity index (χ1n) is 5.62. The second-order valence-corrected chi connectivity index (χ2v) is 4.16. The van der Waals surface area contributed by atoms with Gasteiger partial charge in [0.1, 0.15) is 0 Å². The standard InChI is InChI=1S/C12H15F3N2O2/c1-6(7(2)16)11(18)17-8-3-4-10(9(13)5-8)19-12(14)15/h3-7,12H,16H2,1-2H3,(H,17,18). The molecule has 4 nitrogen and oxygen atoms in total. The molecular formula is C12H15F3N2O2. The molecule has 1 amide bonds. The average molecular weight is 276 g/mol. The molecule has 106 valence electrons. The van der Waals surface area contributed by atoms with Crippen molar-refractivity contribution in [2.45, 2.75) is 26.5 Å². The summed E-state index contributed by atoms with van der Waals surface area (Å²) in [6, 6.07) is 2.84. The van der Waals surface area contributed by atoms with E-state index in [1.165, 1.54) is 6.07 Å². The van der Waals surface area contributed by atoms with Crippen LogP contribution >= 0.6 is 0 Å². The predicted octanol–water partition coefficient (Wildman–Crippen LogP) is 2.35. The maximum atomic E-state index is 13.4. The van der Waals surface area contributed by atoms with Gasteiger partial charge in [-0.15, -0.1) is 0 Å². The second-order valence-electron chi connectivity index (χ2n) is 4.16. The minimum absolute atomic E-state index is 0.150. The summed E-state index contributed by atoms with van der Waals surface area (Å²) in [4.78, 5) is 11.7. The number of carbonyl (C=O) groups excluding carboxylic acids is 1. The van der Waals surface area contributed by atoms with E-state index in [1.54, 1.807) is 13.8 Å². The fraction of sp³-hybridized carbons (Fsp3) is 0.417. The number of benzene rings is 1. The first-order chi connectivity index (χ1) is 8.81. The van der Waals surface area contributed by atoms with Crippen molar-refractivity contribution in [3.63, 3.8) is 0 Å². The molecule has 1 rings (SSSR count). The number of ether oxygens (including phenoxy) is 1. The maximum Gasteiger partial charge on any atom is 0.387 e. The molecule has 1 aromatic carbocycles. The molecule has 1 aromatic rings. The molecule has 0 radical (unpaired) electrons. The zero-order chi connectivity index (χ0) is 14.6. The topological polar surface area (TPSA) is 64.4 Å². The van der Waals surface area contributed by atoms with Crippen LogP contribution in [-0.4, -0.2) is 18.6 Å². The van der Waals surface area contributed by atoms with Crippen LogP contribution in [0.1, 0.15) is 13.8 Å². The van der Waals surface area contributed by atoms with Crippen molar-refractivity contribution in [1.29, 1.82) is 0 Å². The van der Waals surface area contributed by atoms with Gasteiger partial charge >= 0.3 is 6.61 Å². The van der Waals surface area contributed by atoms with E-state index in [2.05, 4.69) is 10.1 Å². The number of carbonyl (C=O) groups is 1. The molecule has 0 bridgehead atoms. The third-order valence-electron chi connectivity index (χ3n) is 2.62. The van der Waals surface area contributed by atoms with Crippen LogP contribution in [0.2, 0.25) is 0 Å². The van der Waals surface area contributed by atoms with Crippen LogP contribution in [-0.2, 0) is 4.79 Å². The number of rotatable bonds is 5. The first kappa shape index (κ1) is 15.3. The largest absolute Gasteiger partial charge is 0.432 e. The van der Waals surface area contributed by atoms with Crippen LogP contribution in [0.25, 0.3) is 0 Å². The Bertz CT molecular complexity index is 453. The predicted molar refractivity (Wildman–Crippen MR) is 64.5 cm³/mol. The van der Waals surface area contributed by atoms with Crippen LogP contribution < -0.4 is 15.8 Å². The smallest absolute Gasteiger partial charge is 0.387 e. The van der Waals surface area contributed by atoms with Gasteiger partial charge in [0.15, 0.2) is 11.6 Å². The SMILES string of the molecule is CC(N)C(C)C(=O)Nc1ccc(OC(F)F)c(F)c1. The van der Waals surface area contributed by atoms with Gasteiger partial charge in [0.25, 0.3) is 0 Å². The number of nitrogens with two attached hydrogens (primary N) is 1. The van der Waals surface area contributed by atoms with Crippen molar-refractivity contribution < 1.29 is 22.7 Å². The molecule has 0 aliphatic carbocycles. The number of halogens is 3. The van der Waals surface area contributed by atoms with Gasteiger partial charge in [-0.05, 0) is 19.1 Å². The van der Waals surface area contributed by atoms with Crippen molar-refractivity contribution in [2.24, 2.45) is 11.7 Å². The van der Waals surface area contributed by atoms with Gasteiger partial charge in [-0.1, -0.05) is 6.92 Å². The fourth-order valence-electron chi connectivity index (χ4n) is 1.27. The Morgan fingerprint density at radius 2 is 2.00 bits per heavy atom. The third-order valence-corrected chi connectivity index (χ3v) is 2.62. The Labute approximate surface area is 108 Å². The van der Waals surface area contributed by atoms with Crippen molar-refractivity contribution in [3.8, 4) is 5.75 Å². The van der Waals surface area contributed by atoms with Gasteiger partial charge in [-0.2, -0.15) is 8.78 Å². The Kier molecular flexibility index (Phi) is 5.17. The molecule has 7 heteroatoms. The molecule has 0 spiro atoms. The van der Waals surface area contributed by atoms with E-state index in [-0.39, 0.29) is 17.6 Å². The summed E-state index contributed by atoms with van der Waals surface area (Å²) in [7, 11) is 0. The molecule has 0 saturated heterocycles.